The van der Waals surface area contributed by atoms with Crippen LogP contribution in [0.4, 0.5) is 0 Å². The molecule has 0 saturated carbocycles. The van der Waals surface area contributed by atoms with Crippen LogP contribution in [0.15, 0.2) is 0 Å². The fraction of sp³-hybridized carbons (Fsp3) is 0.900. The topological polar surface area (TPSA) is 44.4 Å². The molecule has 2 fully saturated rings. The lowest BCUT2D eigenvalue weighted by molar-refractivity contribution is -0.133. The molecule has 2 rings (SSSR count). The summed E-state index contributed by atoms with van der Waals surface area (Å²) in [5.74, 6) is 1.17. The molecule has 2 aliphatic heterocycles. The first-order valence-electron chi connectivity index (χ1n) is 5.50. The third kappa shape index (κ3) is 2.65. The SMILES string of the molecule is CC1(C)NC(C(=O)N2CCNCC2)CS1. The Kier molecular flexibility index (Phi) is 3.23. The zero-order valence-corrected chi connectivity index (χ0v) is 10.2. The average Bonchev–Trinajstić information content (AvgIpc) is 2.59. The number of hydrogen-bond acceptors (Lipinski definition) is 4. The number of carbonyl (C=O) groups is 1. The minimum atomic E-state index is 0.0168. The van der Waals surface area contributed by atoms with Crippen molar-refractivity contribution in [2.45, 2.75) is 24.8 Å². The van der Waals surface area contributed by atoms with Gasteiger partial charge in [-0.05, 0) is 13.8 Å². The Morgan fingerprint density at radius 3 is 2.60 bits per heavy atom. The minimum absolute atomic E-state index is 0.0168. The lowest BCUT2D eigenvalue weighted by atomic mass is 10.2. The second-order valence-electron chi connectivity index (χ2n) is 4.59. The van der Waals surface area contributed by atoms with Gasteiger partial charge in [-0.3, -0.25) is 10.1 Å². The van der Waals surface area contributed by atoms with Gasteiger partial charge in [0.1, 0.15) is 0 Å². The van der Waals surface area contributed by atoms with Crippen molar-refractivity contribution >= 4 is 17.7 Å². The number of nitrogens with zero attached hydrogens (tertiary/aromatic N) is 1. The maximum absolute atomic E-state index is 12.1. The molecule has 4 nitrogen and oxygen atoms in total. The lowest BCUT2D eigenvalue weighted by Crippen LogP contribution is -2.53. The van der Waals surface area contributed by atoms with Crippen LogP contribution >= 0.6 is 11.8 Å². The Balaban J connectivity index is 1.90. The minimum Gasteiger partial charge on any atom is -0.339 e. The van der Waals surface area contributed by atoms with Crippen molar-refractivity contribution < 1.29 is 4.79 Å². The predicted octanol–water partition coefficient (Wildman–Crippen LogP) is -0.141. The van der Waals surface area contributed by atoms with Crippen LogP contribution < -0.4 is 10.6 Å². The smallest absolute Gasteiger partial charge is 0.240 e. The van der Waals surface area contributed by atoms with E-state index in [2.05, 4.69) is 24.5 Å². The van der Waals surface area contributed by atoms with Gasteiger partial charge in [-0.25, -0.2) is 0 Å². The van der Waals surface area contributed by atoms with Crippen molar-refractivity contribution in [1.29, 1.82) is 0 Å². The Bertz CT molecular complexity index is 251. The molecule has 1 unspecified atom stereocenters. The molecule has 86 valence electrons. The van der Waals surface area contributed by atoms with E-state index < -0.39 is 0 Å². The number of nitrogens with one attached hydrogen (secondary N) is 2. The van der Waals surface area contributed by atoms with Crippen molar-refractivity contribution in [2.24, 2.45) is 0 Å². The van der Waals surface area contributed by atoms with Crippen LogP contribution in [0, 0.1) is 0 Å². The molecule has 2 N–H and O–H groups in total. The van der Waals surface area contributed by atoms with Gasteiger partial charge >= 0.3 is 0 Å². The van der Waals surface area contributed by atoms with E-state index in [0.29, 0.717) is 0 Å². The highest BCUT2D eigenvalue weighted by Gasteiger charge is 2.36. The fourth-order valence-corrected chi connectivity index (χ4v) is 3.07. The number of thioether (sulfide) groups is 1. The van der Waals surface area contributed by atoms with Gasteiger partial charge in [-0.1, -0.05) is 0 Å². The predicted molar refractivity (Wildman–Crippen MR) is 62.9 cm³/mol. The van der Waals surface area contributed by atoms with E-state index in [9.17, 15) is 4.79 Å². The number of amides is 1. The third-order valence-corrected chi connectivity index (χ3v) is 4.20. The maximum atomic E-state index is 12.1. The summed E-state index contributed by atoms with van der Waals surface area (Å²) < 4.78 is 0. The molecule has 2 heterocycles. The standard InChI is InChI=1S/C10H19N3OS/c1-10(2)12-8(7-15-10)9(14)13-5-3-11-4-6-13/h8,11-12H,3-7H2,1-2H3. The second kappa shape index (κ2) is 4.31. The molecule has 0 aromatic heterocycles. The summed E-state index contributed by atoms with van der Waals surface area (Å²) in [7, 11) is 0. The quantitative estimate of drug-likeness (QED) is 0.657. The zero-order chi connectivity index (χ0) is 10.9. The Morgan fingerprint density at radius 2 is 2.07 bits per heavy atom. The number of carbonyl (C=O) groups excluding carboxylic acids is 1. The van der Waals surface area contributed by atoms with Gasteiger partial charge in [0, 0.05) is 31.9 Å². The summed E-state index contributed by atoms with van der Waals surface area (Å²) in [4.78, 5) is 14.1. The molecule has 0 spiro atoms. The summed E-state index contributed by atoms with van der Waals surface area (Å²) in [6, 6.07) is 0.0168. The first-order valence-corrected chi connectivity index (χ1v) is 6.48. The van der Waals surface area contributed by atoms with Crippen LogP contribution in [0.25, 0.3) is 0 Å². The lowest BCUT2D eigenvalue weighted by Gasteiger charge is -2.30. The largest absolute Gasteiger partial charge is 0.339 e. The molecular weight excluding hydrogens is 210 g/mol. The van der Waals surface area contributed by atoms with E-state index in [1.165, 1.54) is 0 Å². The summed E-state index contributed by atoms with van der Waals surface area (Å²) in [6.07, 6.45) is 0. The van der Waals surface area contributed by atoms with Crippen LogP contribution in [0.5, 0.6) is 0 Å². The molecular formula is C10H19N3OS. The Hall–Kier alpha value is -0.260. The van der Waals surface area contributed by atoms with E-state index in [4.69, 9.17) is 0 Å². The number of piperazine rings is 1. The molecule has 0 bridgehead atoms. The van der Waals surface area contributed by atoms with Gasteiger partial charge in [0.15, 0.2) is 0 Å². The van der Waals surface area contributed by atoms with Crippen LogP contribution in [-0.4, -0.2) is 53.7 Å². The summed E-state index contributed by atoms with van der Waals surface area (Å²) in [5, 5.41) is 6.64. The summed E-state index contributed by atoms with van der Waals surface area (Å²) in [6.45, 7) is 7.81. The van der Waals surface area contributed by atoms with Gasteiger partial charge < -0.3 is 10.2 Å². The first-order chi connectivity index (χ1) is 7.08. The highest BCUT2D eigenvalue weighted by atomic mass is 32.2. The Morgan fingerprint density at radius 1 is 1.40 bits per heavy atom. The van der Waals surface area contributed by atoms with E-state index >= 15 is 0 Å². The van der Waals surface area contributed by atoms with E-state index in [1.54, 1.807) is 0 Å². The monoisotopic (exact) mass is 229 g/mol. The first kappa shape index (κ1) is 11.2. The molecule has 0 radical (unpaired) electrons. The van der Waals surface area contributed by atoms with Gasteiger partial charge in [-0.2, -0.15) is 0 Å². The number of rotatable bonds is 1. The Labute approximate surface area is 95.2 Å². The van der Waals surface area contributed by atoms with Gasteiger partial charge in [0.25, 0.3) is 0 Å². The van der Waals surface area contributed by atoms with Crippen LogP contribution in [0.2, 0.25) is 0 Å². The van der Waals surface area contributed by atoms with Crippen LogP contribution in [0.1, 0.15) is 13.8 Å². The summed E-state index contributed by atoms with van der Waals surface area (Å²) >= 11 is 1.83. The molecule has 1 amide bonds. The normalized spacial score (nSPS) is 30.5. The molecule has 5 heteroatoms. The molecule has 1 atom stereocenters. The van der Waals surface area contributed by atoms with E-state index in [0.717, 1.165) is 31.9 Å². The van der Waals surface area contributed by atoms with Crippen molar-refractivity contribution in [3.63, 3.8) is 0 Å². The number of hydrogen-bond donors (Lipinski definition) is 2. The highest BCUT2D eigenvalue weighted by Crippen LogP contribution is 2.29. The van der Waals surface area contributed by atoms with Gasteiger partial charge in [0.05, 0.1) is 10.9 Å². The van der Waals surface area contributed by atoms with Gasteiger partial charge in [0.2, 0.25) is 5.91 Å². The molecule has 0 aliphatic carbocycles. The maximum Gasteiger partial charge on any atom is 0.240 e. The molecule has 15 heavy (non-hydrogen) atoms. The van der Waals surface area contributed by atoms with Crippen molar-refractivity contribution in [3.05, 3.63) is 0 Å². The molecule has 2 saturated heterocycles. The van der Waals surface area contributed by atoms with Crippen molar-refractivity contribution in [3.8, 4) is 0 Å². The highest BCUT2D eigenvalue weighted by molar-refractivity contribution is 8.00. The fourth-order valence-electron chi connectivity index (χ4n) is 2.03. The van der Waals surface area contributed by atoms with Crippen molar-refractivity contribution in [1.82, 2.24) is 15.5 Å². The molecule has 0 aromatic rings. The average molecular weight is 229 g/mol. The second-order valence-corrected chi connectivity index (χ2v) is 6.24. The zero-order valence-electron chi connectivity index (χ0n) is 9.38. The summed E-state index contributed by atoms with van der Waals surface area (Å²) in [5.41, 5.74) is 0. The molecule has 0 aromatic carbocycles. The van der Waals surface area contributed by atoms with Crippen molar-refractivity contribution in [2.75, 3.05) is 31.9 Å². The van der Waals surface area contributed by atoms with Crippen LogP contribution in [-0.2, 0) is 4.79 Å². The third-order valence-electron chi connectivity index (χ3n) is 2.86. The van der Waals surface area contributed by atoms with Crippen LogP contribution in [0.3, 0.4) is 0 Å². The van der Waals surface area contributed by atoms with Gasteiger partial charge in [-0.15, -0.1) is 11.8 Å². The van der Waals surface area contributed by atoms with E-state index in [-0.39, 0.29) is 16.8 Å². The molecule has 2 aliphatic rings. The van der Waals surface area contributed by atoms with E-state index in [1.807, 2.05) is 16.7 Å².